The van der Waals surface area contributed by atoms with Crippen LogP contribution < -0.4 is 10.2 Å². The van der Waals surface area contributed by atoms with Gasteiger partial charge in [0, 0.05) is 30.0 Å². The fourth-order valence-corrected chi connectivity index (χ4v) is 4.45. The van der Waals surface area contributed by atoms with Crippen molar-refractivity contribution in [3.8, 4) is 5.82 Å². The van der Waals surface area contributed by atoms with Crippen molar-refractivity contribution in [2.45, 2.75) is 19.0 Å². The quantitative estimate of drug-likeness (QED) is 0.426. The highest BCUT2D eigenvalue weighted by Gasteiger charge is 2.42. The highest BCUT2D eigenvalue weighted by atomic mass is 35.5. The summed E-state index contributed by atoms with van der Waals surface area (Å²) in [6.45, 7) is 2.08. The third-order valence-electron chi connectivity index (χ3n) is 5.45. The van der Waals surface area contributed by atoms with Gasteiger partial charge in [-0.2, -0.15) is 0 Å². The molecule has 0 amide bonds. The Kier molecular flexibility index (Phi) is 5.18. The normalized spacial score (nSPS) is 18.3. The number of halogens is 1. The van der Waals surface area contributed by atoms with E-state index in [0.717, 1.165) is 22.9 Å². The first kappa shape index (κ1) is 19.7. The molecule has 0 bridgehead atoms. The van der Waals surface area contributed by atoms with Crippen molar-refractivity contribution in [1.82, 2.24) is 19.9 Å². The molecule has 4 aromatic rings. The molecule has 1 saturated heterocycles. The van der Waals surface area contributed by atoms with Gasteiger partial charge in [0.25, 0.3) is 0 Å². The zero-order valence-corrected chi connectivity index (χ0v) is 18.4. The molecule has 1 fully saturated rings. The van der Waals surface area contributed by atoms with E-state index < -0.39 is 0 Å². The highest BCUT2D eigenvalue weighted by Crippen LogP contribution is 2.42. The second-order valence-corrected chi connectivity index (χ2v) is 8.29. The summed E-state index contributed by atoms with van der Waals surface area (Å²) in [4.78, 5) is 11.3. The average molecular weight is 446 g/mol. The summed E-state index contributed by atoms with van der Waals surface area (Å²) in [5, 5.41) is 4.77. The van der Waals surface area contributed by atoms with E-state index in [-0.39, 0.29) is 12.1 Å². The van der Waals surface area contributed by atoms with Crippen LogP contribution in [0.25, 0.3) is 5.82 Å². The number of nitrogens with one attached hydrogen (secondary N) is 1. The Bertz CT molecular complexity index is 1200. The second-order valence-electron chi connectivity index (χ2n) is 7.47. The van der Waals surface area contributed by atoms with Gasteiger partial charge in [0.05, 0.1) is 16.8 Å². The molecule has 0 aliphatic carbocycles. The van der Waals surface area contributed by atoms with Crippen LogP contribution in [-0.4, -0.2) is 19.6 Å². The molecule has 1 aromatic carbocycles. The molecule has 7 heteroatoms. The highest BCUT2D eigenvalue weighted by molar-refractivity contribution is 7.80. The number of thiocarbonyl (C=S) groups is 1. The van der Waals surface area contributed by atoms with E-state index in [1.165, 1.54) is 5.56 Å². The van der Waals surface area contributed by atoms with Crippen LogP contribution >= 0.6 is 23.8 Å². The summed E-state index contributed by atoms with van der Waals surface area (Å²) in [7, 11) is 0. The minimum atomic E-state index is -0.115. The van der Waals surface area contributed by atoms with Gasteiger partial charge in [-0.05, 0) is 67.7 Å². The number of anilines is 1. The molecular weight excluding hydrogens is 426 g/mol. The molecule has 3 aromatic heterocycles. The maximum Gasteiger partial charge on any atom is 0.174 e. The molecule has 5 rings (SSSR count). The lowest BCUT2D eigenvalue weighted by Gasteiger charge is -2.29. The Morgan fingerprint density at radius 3 is 2.52 bits per heavy atom. The number of rotatable bonds is 4. The van der Waals surface area contributed by atoms with E-state index in [9.17, 15) is 0 Å². The summed E-state index contributed by atoms with van der Waals surface area (Å²) in [5.41, 5.74) is 4.22. The molecule has 1 N–H and O–H groups in total. The lowest BCUT2D eigenvalue weighted by Crippen LogP contribution is -2.30. The Hall–Kier alpha value is -3.22. The molecule has 0 unspecified atom stereocenters. The minimum absolute atomic E-state index is 0.113. The standard InChI is InChI=1S/C24H20ClN5S/c1-16-7-10-18(11-8-16)30-23(22(28-24(30)31)19-5-2-3-13-26-19)20-6-4-14-29(20)21-12-9-17(25)15-27-21/h2-15,22-23H,1H3,(H,28,31)/t22-,23-/m0/s1. The van der Waals surface area contributed by atoms with E-state index in [1.54, 1.807) is 6.20 Å². The van der Waals surface area contributed by atoms with Gasteiger partial charge in [0.2, 0.25) is 0 Å². The first-order chi connectivity index (χ1) is 15.1. The molecule has 0 saturated carbocycles. The maximum atomic E-state index is 6.06. The summed E-state index contributed by atoms with van der Waals surface area (Å²) in [6.07, 6.45) is 5.48. The predicted molar refractivity (Wildman–Crippen MR) is 128 cm³/mol. The van der Waals surface area contributed by atoms with Gasteiger partial charge in [-0.15, -0.1) is 0 Å². The van der Waals surface area contributed by atoms with Gasteiger partial charge in [-0.1, -0.05) is 35.4 Å². The topological polar surface area (TPSA) is 46.0 Å². The molecule has 0 spiro atoms. The van der Waals surface area contributed by atoms with Crippen LogP contribution in [0, 0.1) is 6.92 Å². The summed E-state index contributed by atoms with van der Waals surface area (Å²) in [5.74, 6) is 0.797. The molecule has 5 nitrogen and oxygen atoms in total. The third kappa shape index (κ3) is 3.69. The van der Waals surface area contributed by atoms with Crippen molar-refractivity contribution in [3.05, 3.63) is 107 Å². The van der Waals surface area contributed by atoms with Crippen molar-refractivity contribution < 1.29 is 0 Å². The molecule has 2 atom stereocenters. The third-order valence-corrected chi connectivity index (χ3v) is 5.99. The SMILES string of the molecule is Cc1ccc(N2C(=S)N[C@@H](c3ccccn3)[C@@H]2c2cccn2-c2ccc(Cl)cn2)cc1. The number of aryl methyl sites for hydroxylation is 1. The van der Waals surface area contributed by atoms with Crippen LogP contribution in [0.3, 0.4) is 0 Å². The fraction of sp³-hybridized carbons (Fsp3) is 0.125. The molecule has 1 aliphatic heterocycles. The predicted octanol–water partition coefficient (Wildman–Crippen LogP) is 5.41. The minimum Gasteiger partial charge on any atom is -0.351 e. The Morgan fingerprint density at radius 1 is 0.968 bits per heavy atom. The van der Waals surface area contributed by atoms with Gasteiger partial charge < -0.3 is 14.8 Å². The van der Waals surface area contributed by atoms with Gasteiger partial charge in [0.15, 0.2) is 5.11 Å². The number of hydrogen-bond donors (Lipinski definition) is 1. The van der Waals surface area contributed by atoms with Crippen LogP contribution in [0.4, 0.5) is 5.69 Å². The smallest absolute Gasteiger partial charge is 0.174 e. The lowest BCUT2D eigenvalue weighted by atomic mass is 10.0. The zero-order valence-electron chi connectivity index (χ0n) is 16.8. The Morgan fingerprint density at radius 2 is 1.81 bits per heavy atom. The van der Waals surface area contributed by atoms with Crippen molar-refractivity contribution in [2.75, 3.05) is 4.90 Å². The van der Waals surface area contributed by atoms with E-state index in [0.29, 0.717) is 10.1 Å². The lowest BCUT2D eigenvalue weighted by molar-refractivity contribution is 0.548. The van der Waals surface area contributed by atoms with Crippen LogP contribution in [0.2, 0.25) is 5.02 Å². The van der Waals surface area contributed by atoms with Crippen LogP contribution in [0.1, 0.15) is 29.0 Å². The molecule has 4 heterocycles. The van der Waals surface area contributed by atoms with E-state index in [4.69, 9.17) is 23.8 Å². The van der Waals surface area contributed by atoms with E-state index in [2.05, 4.69) is 62.0 Å². The van der Waals surface area contributed by atoms with Crippen molar-refractivity contribution in [3.63, 3.8) is 0 Å². The number of hydrogen-bond acceptors (Lipinski definition) is 3. The maximum absolute atomic E-state index is 6.06. The number of nitrogens with zero attached hydrogens (tertiary/aromatic N) is 4. The van der Waals surface area contributed by atoms with Gasteiger partial charge >= 0.3 is 0 Å². The molecule has 154 valence electrons. The van der Waals surface area contributed by atoms with Crippen molar-refractivity contribution >= 4 is 34.6 Å². The van der Waals surface area contributed by atoms with Crippen molar-refractivity contribution in [2.24, 2.45) is 0 Å². The Balaban J connectivity index is 1.66. The molecular formula is C24H20ClN5S. The number of benzene rings is 1. The number of pyridine rings is 2. The van der Waals surface area contributed by atoms with Crippen LogP contribution in [0.5, 0.6) is 0 Å². The Labute approximate surface area is 191 Å². The van der Waals surface area contributed by atoms with Crippen molar-refractivity contribution in [1.29, 1.82) is 0 Å². The van der Waals surface area contributed by atoms with E-state index >= 15 is 0 Å². The van der Waals surface area contributed by atoms with Crippen LogP contribution in [0.15, 0.2) is 85.3 Å². The van der Waals surface area contributed by atoms with Gasteiger partial charge in [-0.25, -0.2) is 4.98 Å². The largest absolute Gasteiger partial charge is 0.351 e. The first-order valence-corrected chi connectivity index (χ1v) is 10.8. The first-order valence-electron chi connectivity index (χ1n) is 9.98. The second kappa shape index (κ2) is 8.13. The molecule has 1 aliphatic rings. The molecule has 0 radical (unpaired) electrons. The fourth-order valence-electron chi connectivity index (χ4n) is 3.99. The average Bonchev–Trinajstić information content (AvgIpc) is 3.40. The monoisotopic (exact) mass is 445 g/mol. The summed E-state index contributed by atoms with van der Waals surface area (Å²) < 4.78 is 2.08. The summed E-state index contributed by atoms with van der Waals surface area (Å²) >= 11 is 11.9. The molecule has 31 heavy (non-hydrogen) atoms. The summed E-state index contributed by atoms with van der Waals surface area (Å²) in [6, 6.07) is 22.0. The number of aromatic nitrogens is 3. The van der Waals surface area contributed by atoms with Gasteiger partial charge in [-0.3, -0.25) is 4.98 Å². The van der Waals surface area contributed by atoms with Crippen LogP contribution in [-0.2, 0) is 0 Å². The zero-order chi connectivity index (χ0) is 21.4. The van der Waals surface area contributed by atoms with E-state index in [1.807, 2.05) is 48.8 Å². The van der Waals surface area contributed by atoms with Gasteiger partial charge in [0.1, 0.15) is 11.9 Å².